The lowest BCUT2D eigenvalue weighted by Crippen LogP contribution is -2.32. The minimum Gasteiger partial charge on any atom is -0.478 e. The van der Waals surface area contributed by atoms with Gasteiger partial charge < -0.3 is 25.0 Å². The quantitative estimate of drug-likeness (QED) is 0.128. The molecule has 0 aliphatic rings. The van der Waals surface area contributed by atoms with Crippen molar-refractivity contribution < 1.29 is 24.2 Å². The molecular formula is C37H36N4O6. The third-order valence-electron chi connectivity index (χ3n) is 8.01. The highest BCUT2D eigenvalue weighted by Gasteiger charge is 2.17. The Kier molecular flexibility index (Phi) is 10.0. The largest absolute Gasteiger partial charge is 0.478 e. The number of benzene rings is 4. The van der Waals surface area contributed by atoms with Crippen molar-refractivity contribution in [1.82, 2.24) is 9.88 Å². The second kappa shape index (κ2) is 14.5. The lowest BCUT2D eigenvalue weighted by Gasteiger charge is -2.21. The van der Waals surface area contributed by atoms with Crippen LogP contribution in [0.3, 0.4) is 0 Å². The number of aryl methyl sites for hydroxylation is 1. The zero-order valence-corrected chi connectivity index (χ0v) is 26.4. The molecule has 2 amide bonds. The molecule has 0 saturated carbocycles. The number of aromatic nitrogens is 1. The van der Waals surface area contributed by atoms with Gasteiger partial charge in [0.05, 0.1) is 18.7 Å². The number of ether oxygens (including phenoxy) is 1. The molecule has 0 radical (unpaired) electrons. The minimum atomic E-state index is -1.05. The molecule has 5 aromatic rings. The first kappa shape index (κ1) is 32.5. The Balaban J connectivity index is 1.31. The number of fused-ring (bicyclic) bond motifs is 1. The molecule has 5 rings (SSSR count). The molecule has 0 fully saturated rings. The molecule has 0 spiro atoms. The van der Waals surface area contributed by atoms with Crippen molar-refractivity contribution in [1.29, 1.82) is 0 Å². The molecule has 240 valence electrons. The summed E-state index contributed by atoms with van der Waals surface area (Å²) in [5, 5.41) is 16.7. The fraction of sp³-hybridized carbons (Fsp3) is 0.189. The summed E-state index contributed by atoms with van der Waals surface area (Å²) >= 11 is 0. The van der Waals surface area contributed by atoms with Crippen LogP contribution in [-0.2, 0) is 16.1 Å². The topological polar surface area (TPSA) is 141 Å². The monoisotopic (exact) mass is 632 g/mol. The summed E-state index contributed by atoms with van der Waals surface area (Å²) in [7, 11) is 1.66. The number of rotatable bonds is 11. The molecular weight excluding hydrogens is 596 g/mol. The average Bonchev–Trinajstić information content (AvgIpc) is 3.06. The van der Waals surface area contributed by atoms with E-state index < -0.39 is 12.1 Å². The standard InChI is InChI=1S/C37H36N4O6/c1-23-7-4-5-10-31(23)24(2)22-47-37(46)40-30-13-14-32(26-8-6-9-27(17-26)36(44)45)28(18-30)21-41(3)34(42)20-39-29-12-11-25-15-16-38-35(43)33(25)19-29/h4-19,24,39H,20-22H2,1-3H3,(H,38,43)(H,40,46)(H,44,45). The van der Waals surface area contributed by atoms with E-state index in [2.05, 4.69) is 15.6 Å². The number of aromatic amines is 1. The van der Waals surface area contributed by atoms with E-state index >= 15 is 0 Å². The van der Waals surface area contributed by atoms with Crippen LogP contribution in [0.2, 0.25) is 0 Å². The molecule has 10 nitrogen and oxygen atoms in total. The van der Waals surface area contributed by atoms with Gasteiger partial charge in [-0.05, 0) is 82.6 Å². The van der Waals surface area contributed by atoms with Gasteiger partial charge in [0.25, 0.3) is 5.56 Å². The van der Waals surface area contributed by atoms with Gasteiger partial charge in [-0.25, -0.2) is 9.59 Å². The van der Waals surface area contributed by atoms with Crippen LogP contribution in [0.25, 0.3) is 21.9 Å². The number of nitrogens with zero attached hydrogens (tertiary/aromatic N) is 1. The maximum atomic E-state index is 13.2. The predicted octanol–water partition coefficient (Wildman–Crippen LogP) is 6.62. The molecule has 0 saturated heterocycles. The van der Waals surface area contributed by atoms with Gasteiger partial charge in [-0.2, -0.15) is 0 Å². The van der Waals surface area contributed by atoms with Gasteiger partial charge in [0.1, 0.15) is 0 Å². The number of anilines is 2. The number of aromatic carboxylic acids is 1. The van der Waals surface area contributed by atoms with E-state index in [9.17, 15) is 24.3 Å². The third kappa shape index (κ3) is 8.04. The number of H-pyrrole nitrogens is 1. The third-order valence-corrected chi connectivity index (χ3v) is 8.01. The fourth-order valence-electron chi connectivity index (χ4n) is 5.44. The van der Waals surface area contributed by atoms with Crippen LogP contribution in [0.15, 0.2) is 102 Å². The van der Waals surface area contributed by atoms with Crippen molar-refractivity contribution in [2.24, 2.45) is 0 Å². The van der Waals surface area contributed by atoms with Crippen molar-refractivity contribution in [3.05, 3.63) is 130 Å². The number of hydrogen-bond acceptors (Lipinski definition) is 6. The van der Waals surface area contributed by atoms with Gasteiger partial charge in [-0.3, -0.25) is 14.9 Å². The molecule has 1 atom stereocenters. The van der Waals surface area contributed by atoms with Crippen LogP contribution < -0.4 is 16.2 Å². The van der Waals surface area contributed by atoms with E-state index in [0.29, 0.717) is 33.5 Å². The lowest BCUT2D eigenvalue weighted by atomic mass is 9.97. The van der Waals surface area contributed by atoms with E-state index in [4.69, 9.17) is 4.74 Å². The van der Waals surface area contributed by atoms with Gasteiger partial charge in [0, 0.05) is 42.5 Å². The molecule has 10 heteroatoms. The van der Waals surface area contributed by atoms with Gasteiger partial charge >= 0.3 is 12.1 Å². The Labute approximate surface area is 272 Å². The van der Waals surface area contributed by atoms with Crippen molar-refractivity contribution in [2.75, 3.05) is 30.8 Å². The van der Waals surface area contributed by atoms with E-state index in [1.54, 1.807) is 67.8 Å². The van der Waals surface area contributed by atoms with E-state index in [1.807, 2.05) is 44.2 Å². The first-order chi connectivity index (χ1) is 22.6. The Morgan fingerprint density at radius 3 is 2.51 bits per heavy atom. The summed E-state index contributed by atoms with van der Waals surface area (Å²) in [6.45, 7) is 4.35. The summed E-state index contributed by atoms with van der Waals surface area (Å²) in [6, 6.07) is 26.9. The molecule has 0 aliphatic carbocycles. The number of nitrogens with one attached hydrogen (secondary N) is 3. The van der Waals surface area contributed by atoms with E-state index in [0.717, 1.165) is 16.5 Å². The number of amides is 2. The normalized spacial score (nSPS) is 11.5. The number of carboxylic acid groups (broad SMARTS) is 1. The molecule has 1 unspecified atom stereocenters. The summed E-state index contributed by atoms with van der Waals surface area (Å²) in [4.78, 5) is 54.1. The van der Waals surface area contributed by atoms with Crippen molar-refractivity contribution >= 4 is 40.1 Å². The number of carboxylic acids is 1. The SMILES string of the molecule is Cc1ccccc1C(C)COC(=O)Nc1ccc(-c2cccc(C(=O)O)c2)c(CN(C)C(=O)CNc2ccc3cc[nH]c(=O)c3c2)c1. The minimum absolute atomic E-state index is 0.00460. The maximum absolute atomic E-state index is 13.2. The van der Waals surface area contributed by atoms with Crippen LogP contribution in [-0.4, -0.2) is 53.2 Å². The van der Waals surface area contributed by atoms with Gasteiger partial charge in [-0.1, -0.05) is 55.5 Å². The molecule has 4 aromatic carbocycles. The highest BCUT2D eigenvalue weighted by molar-refractivity contribution is 5.90. The fourth-order valence-corrected chi connectivity index (χ4v) is 5.44. The molecule has 0 bridgehead atoms. The van der Waals surface area contributed by atoms with Crippen LogP contribution in [0.1, 0.15) is 39.9 Å². The molecule has 47 heavy (non-hydrogen) atoms. The van der Waals surface area contributed by atoms with Crippen molar-refractivity contribution in [2.45, 2.75) is 26.3 Å². The van der Waals surface area contributed by atoms with E-state index in [-0.39, 0.29) is 42.6 Å². The first-order valence-corrected chi connectivity index (χ1v) is 15.1. The Bertz CT molecular complexity index is 2000. The number of pyridine rings is 1. The second-order valence-corrected chi connectivity index (χ2v) is 11.5. The van der Waals surface area contributed by atoms with Crippen LogP contribution in [0.4, 0.5) is 16.2 Å². The van der Waals surface area contributed by atoms with Gasteiger partial charge in [0.15, 0.2) is 0 Å². The lowest BCUT2D eigenvalue weighted by molar-refractivity contribution is -0.128. The van der Waals surface area contributed by atoms with Crippen molar-refractivity contribution in [3.8, 4) is 11.1 Å². The van der Waals surface area contributed by atoms with Crippen LogP contribution in [0.5, 0.6) is 0 Å². The van der Waals surface area contributed by atoms with Gasteiger partial charge in [-0.15, -0.1) is 0 Å². The molecule has 1 aromatic heterocycles. The molecule has 4 N–H and O–H groups in total. The maximum Gasteiger partial charge on any atom is 0.411 e. The zero-order chi connectivity index (χ0) is 33.5. The number of carbonyl (C=O) groups is 3. The highest BCUT2D eigenvalue weighted by atomic mass is 16.5. The predicted molar refractivity (Wildman–Crippen MR) is 183 cm³/mol. The summed E-state index contributed by atoms with van der Waals surface area (Å²) in [5.41, 5.74) is 5.28. The number of carbonyl (C=O) groups excluding carboxylic acids is 2. The van der Waals surface area contributed by atoms with Crippen molar-refractivity contribution in [3.63, 3.8) is 0 Å². The highest BCUT2D eigenvalue weighted by Crippen LogP contribution is 2.29. The molecule has 0 aliphatic heterocycles. The zero-order valence-electron chi connectivity index (χ0n) is 26.4. The number of likely N-dealkylation sites (N-methyl/N-ethyl adjacent to an activating group) is 1. The first-order valence-electron chi connectivity index (χ1n) is 15.1. The van der Waals surface area contributed by atoms with Crippen LogP contribution in [0, 0.1) is 6.92 Å². The Morgan fingerprint density at radius 1 is 0.936 bits per heavy atom. The van der Waals surface area contributed by atoms with Crippen LogP contribution >= 0.6 is 0 Å². The molecule has 1 heterocycles. The summed E-state index contributed by atoms with van der Waals surface area (Å²) in [6.07, 6.45) is 0.975. The summed E-state index contributed by atoms with van der Waals surface area (Å²) < 4.78 is 5.53. The smallest absolute Gasteiger partial charge is 0.411 e. The average molecular weight is 633 g/mol. The van der Waals surface area contributed by atoms with Gasteiger partial charge in [0.2, 0.25) is 5.91 Å². The Hall–Kier alpha value is -5.90. The Morgan fingerprint density at radius 2 is 1.72 bits per heavy atom. The summed E-state index contributed by atoms with van der Waals surface area (Å²) in [5.74, 6) is -1.27. The van der Waals surface area contributed by atoms with E-state index in [1.165, 1.54) is 11.0 Å². The number of hydrogen-bond donors (Lipinski definition) is 4. The second-order valence-electron chi connectivity index (χ2n) is 11.5.